The molecule has 0 saturated heterocycles. The number of hydrogen-bond acceptors (Lipinski definition) is 2. The molecule has 2 rings (SSSR count). The van der Waals surface area contributed by atoms with Crippen LogP contribution in [-0.2, 0) is 11.3 Å². The molecule has 1 aliphatic carbocycles. The van der Waals surface area contributed by atoms with Gasteiger partial charge in [0.25, 0.3) is 0 Å². The molecule has 0 unspecified atom stereocenters. The Bertz CT molecular complexity index is 497. The van der Waals surface area contributed by atoms with E-state index in [-0.39, 0.29) is 44.1 Å². The van der Waals surface area contributed by atoms with Gasteiger partial charge in [0.2, 0.25) is 11.8 Å². The molecule has 1 aromatic rings. The van der Waals surface area contributed by atoms with Crippen molar-refractivity contribution in [3.63, 3.8) is 0 Å². The summed E-state index contributed by atoms with van der Waals surface area (Å²) in [6, 6.07) is 9.55. The molecule has 1 amide bonds. The lowest BCUT2D eigenvalue weighted by atomic mass is 9.85. The lowest BCUT2D eigenvalue weighted by molar-refractivity contribution is -0.141. The van der Waals surface area contributed by atoms with Crippen molar-refractivity contribution in [2.45, 2.75) is 57.6 Å². The number of aliphatic hydroxyl groups is 1. The van der Waals surface area contributed by atoms with Crippen molar-refractivity contribution >= 4 is 5.91 Å². The number of hydrogen-bond donors (Lipinski definition) is 1. The fraction of sp³-hybridized carbons (Fsp3) is 0.611. The summed E-state index contributed by atoms with van der Waals surface area (Å²) in [5.74, 6) is -3.11. The SMILES string of the molecule is CC[C@H](O)CN(Cc1ccccc1)C(=O)C1CCC(F)(F)CC1. The molecular weight excluding hydrogens is 300 g/mol. The van der Waals surface area contributed by atoms with Crippen LogP contribution in [0.1, 0.15) is 44.6 Å². The van der Waals surface area contributed by atoms with Crippen LogP contribution < -0.4 is 0 Å². The van der Waals surface area contributed by atoms with E-state index in [1.54, 1.807) is 4.90 Å². The zero-order valence-electron chi connectivity index (χ0n) is 13.5. The van der Waals surface area contributed by atoms with Gasteiger partial charge in [-0.1, -0.05) is 37.3 Å². The summed E-state index contributed by atoms with van der Waals surface area (Å²) >= 11 is 0. The van der Waals surface area contributed by atoms with Crippen molar-refractivity contribution in [1.29, 1.82) is 0 Å². The van der Waals surface area contributed by atoms with E-state index >= 15 is 0 Å². The first-order valence-electron chi connectivity index (χ1n) is 8.30. The van der Waals surface area contributed by atoms with Crippen molar-refractivity contribution in [3.8, 4) is 0 Å². The highest BCUT2D eigenvalue weighted by molar-refractivity contribution is 5.79. The molecule has 1 N–H and O–H groups in total. The normalized spacial score (nSPS) is 19.3. The number of benzene rings is 1. The fourth-order valence-corrected chi connectivity index (χ4v) is 2.97. The van der Waals surface area contributed by atoms with Gasteiger partial charge in [-0.25, -0.2) is 8.78 Å². The molecule has 0 aliphatic heterocycles. The molecular formula is C18H25F2NO2. The van der Waals surface area contributed by atoms with Gasteiger partial charge >= 0.3 is 0 Å². The van der Waals surface area contributed by atoms with Crippen LogP contribution in [0.15, 0.2) is 30.3 Å². The van der Waals surface area contributed by atoms with Gasteiger partial charge < -0.3 is 10.0 Å². The van der Waals surface area contributed by atoms with Gasteiger partial charge in [-0.3, -0.25) is 4.79 Å². The van der Waals surface area contributed by atoms with Crippen molar-refractivity contribution < 1.29 is 18.7 Å². The summed E-state index contributed by atoms with van der Waals surface area (Å²) in [5, 5.41) is 9.92. The molecule has 0 radical (unpaired) electrons. The highest BCUT2D eigenvalue weighted by atomic mass is 19.3. The zero-order chi connectivity index (χ0) is 16.9. The highest BCUT2D eigenvalue weighted by Gasteiger charge is 2.38. The summed E-state index contributed by atoms with van der Waals surface area (Å²) < 4.78 is 26.6. The lowest BCUT2D eigenvalue weighted by Crippen LogP contribution is -2.42. The number of halogens is 2. The Labute approximate surface area is 136 Å². The summed E-state index contributed by atoms with van der Waals surface area (Å²) in [7, 11) is 0. The average Bonchev–Trinajstić information content (AvgIpc) is 2.54. The van der Waals surface area contributed by atoms with E-state index in [1.807, 2.05) is 37.3 Å². The first-order valence-corrected chi connectivity index (χ1v) is 8.30. The van der Waals surface area contributed by atoms with Crippen LogP contribution in [-0.4, -0.2) is 34.5 Å². The molecule has 0 heterocycles. The quantitative estimate of drug-likeness (QED) is 0.868. The van der Waals surface area contributed by atoms with Crippen LogP contribution in [0, 0.1) is 5.92 Å². The second-order valence-corrected chi connectivity index (χ2v) is 6.40. The molecule has 1 fully saturated rings. The summed E-state index contributed by atoms with van der Waals surface area (Å²) in [5.41, 5.74) is 0.977. The van der Waals surface area contributed by atoms with Crippen LogP contribution in [0.25, 0.3) is 0 Å². The molecule has 1 aliphatic rings. The summed E-state index contributed by atoms with van der Waals surface area (Å²) in [6.45, 7) is 2.51. The van der Waals surface area contributed by atoms with Crippen LogP contribution in [0.4, 0.5) is 8.78 Å². The second kappa shape index (κ2) is 7.86. The van der Waals surface area contributed by atoms with Crippen molar-refractivity contribution in [3.05, 3.63) is 35.9 Å². The number of rotatable bonds is 6. The Morgan fingerprint density at radius 1 is 1.30 bits per heavy atom. The topological polar surface area (TPSA) is 40.5 Å². The van der Waals surface area contributed by atoms with E-state index in [4.69, 9.17) is 0 Å². The van der Waals surface area contributed by atoms with Crippen molar-refractivity contribution in [2.24, 2.45) is 5.92 Å². The van der Waals surface area contributed by atoms with E-state index in [9.17, 15) is 18.7 Å². The highest BCUT2D eigenvalue weighted by Crippen LogP contribution is 2.37. The Balaban J connectivity index is 2.05. The fourth-order valence-electron chi connectivity index (χ4n) is 2.97. The molecule has 23 heavy (non-hydrogen) atoms. The number of amides is 1. The predicted molar refractivity (Wildman–Crippen MR) is 85.1 cm³/mol. The van der Waals surface area contributed by atoms with Gasteiger partial charge in [-0.15, -0.1) is 0 Å². The van der Waals surface area contributed by atoms with Crippen LogP contribution >= 0.6 is 0 Å². The Kier molecular flexibility index (Phi) is 6.10. The molecule has 1 atom stereocenters. The average molecular weight is 325 g/mol. The third-order valence-corrected chi connectivity index (χ3v) is 4.50. The Morgan fingerprint density at radius 3 is 2.48 bits per heavy atom. The zero-order valence-corrected chi connectivity index (χ0v) is 13.5. The smallest absolute Gasteiger partial charge is 0.248 e. The monoisotopic (exact) mass is 325 g/mol. The van der Waals surface area contributed by atoms with Crippen LogP contribution in [0.5, 0.6) is 0 Å². The molecule has 1 saturated carbocycles. The number of aliphatic hydroxyl groups excluding tert-OH is 1. The molecule has 5 heteroatoms. The maximum Gasteiger partial charge on any atom is 0.248 e. The van der Waals surface area contributed by atoms with Crippen LogP contribution in [0.2, 0.25) is 0 Å². The van der Waals surface area contributed by atoms with Crippen LogP contribution in [0.3, 0.4) is 0 Å². The van der Waals surface area contributed by atoms with Gasteiger partial charge in [0.05, 0.1) is 6.10 Å². The molecule has 0 spiro atoms. The van der Waals surface area contributed by atoms with E-state index < -0.39 is 12.0 Å². The molecule has 128 valence electrons. The number of carbonyl (C=O) groups is 1. The maximum absolute atomic E-state index is 13.3. The van der Waals surface area contributed by atoms with E-state index in [1.165, 1.54) is 0 Å². The number of alkyl halides is 2. The van der Waals surface area contributed by atoms with Gasteiger partial charge in [-0.2, -0.15) is 0 Å². The van der Waals surface area contributed by atoms with Gasteiger partial charge in [0, 0.05) is 31.8 Å². The predicted octanol–water partition coefficient (Wildman–Crippen LogP) is 3.61. The molecule has 0 bridgehead atoms. The minimum Gasteiger partial charge on any atom is -0.391 e. The lowest BCUT2D eigenvalue weighted by Gasteiger charge is -2.33. The van der Waals surface area contributed by atoms with Gasteiger partial charge in [-0.05, 0) is 24.8 Å². The third kappa shape index (κ3) is 5.27. The Hall–Kier alpha value is -1.49. The first-order chi connectivity index (χ1) is 10.9. The van der Waals surface area contributed by atoms with Crippen molar-refractivity contribution in [2.75, 3.05) is 6.54 Å². The number of carbonyl (C=O) groups excluding carboxylic acids is 1. The molecule has 1 aromatic carbocycles. The minimum atomic E-state index is -2.63. The maximum atomic E-state index is 13.3. The standard InChI is InChI=1S/C18H25F2NO2/c1-2-16(22)13-21(12-14-6-4-3-5-7-14)17(23)15-8-10-18(19,20)11-9-15/h3-7,15-16,22H,2,8-13H2,1H3/t16-/m0/s1. The summed E-state index contributed by atoms with van der Waals surface area (Å²) in [6.07, 6.45) is -0.0367. The first kappa shape index (κ1) is 17.9. The van der Waals surface area contributed by atoms with Gasteiger partial charge in [0.15, 0.2) is 0 Å². The van der Waals surface area contributed by atoms with E-state index in [0.29, 0.717) is 13.0 Å². The van der Waals surface area contributed by atoms with E-state index in [0.717, 1.165) is 5.56 Å². The minimum absolute atomic E-state index is 0.114. The van der Waals surface area contributed by atoms with E-state index in [2.05, 4.69) is 0 Å². The Morgan fingerprint density at radius 2 is 1.91 bits per heavy atom. The number of nitrogens with zero attached hydrogens (tertiary/aromatic N) is 1. The van der Waals surface area contributed by atoms with Crippen molar-refractivity contribution in [1.82, 2.24) is 4.90 Å². The van der Waals surface area contributed by atoms with Gasteiger partial charge in [0.1, 0.15) is 0 Å². The largest absolute Gasteiger partial charge is 0.391 e. The third-order valence-electron chi connectivity index (χ3n) is 4.50. The second-order valence-electron chi connectivity index (χ2n) is 6.40. The summed E-state index contributed by atoms with van der Waals surface area (Å²) in [4.78, 5) is 14.4. The molecule has 3 nitrogen and oxygen atoms in total. The molecule has 0 aromatic heterocycles.